The fraction of sp³-hybridized carbons (Fsp3) is 0.200. The van der Waals surface area contributed by atoms with Crippen molar-refractivity contribution in [3.63, 3.8) is 0 Å². The van der Waals surface area contributed by atoms with Gasteiger partial charge in [-0.1, -0.05) is 49.4 Å². The van der Waals surface area contributed by atoms with Crippen LogP contribution < -0.4 is 10.6 Å². The molecule has 0 saturated heterocycles. The van der Waals surface area contributed by atoms with E-state index in [0.717, 1.165) is 27.7 Å². The van der Waals surface area contributed by atoms with Crippen molar-refractivity contribution in [2.75, 3.05) is 12.4 Å². The zero-order valence-corrected chi connectivity index (χ0v) is 18.7. The molecule has 0 radical (unpaired) electrons. The van der Waals surface area contributed by atoms with E-state index in [1.54, 1.807) is 13.4 Å². The summed E-state index contributed by atoms with van der Waals surface area (Å²) in [5.41, 5.74) is 5.44. The number of carbonyl (C=O) groups is 1. The van der Waals surface area contributed by atoms with Gasteiger partial charge < -0.3 is 19.6 Å². The Labute approximate surface area is 190 Å². The summed E-state index contributed by atoms with van der Waals surface area (Å²) in [6.07, 6.45) is 2.15. The quantitative estimate of drug-likeness (QED) is 0.405. The highest BCUT2D eigenvalue weighted by Crippen LogP contribution is 2.32. The summed E-state index contributed by atoms with van der Waals surface area (Å²) in [4.78, 5) is 26.0. The van der Waals surface area contributed by atoms with Crippen molar-refractivity contribution >= 4 is 34.0 Å². The van der Waals surface area contributed by atoms with Gasteiger partial charge in [0.1, 0.15) is 11.0 Å². The molecule has 2 aromatic carbocycles. The SMILES string of the molecule is CCC(=O)NC(c1ccccc1)c1cccc(-c2nc3c(nc(NC)c4ncn(C)c43)o2)c1. The fourth-order valence-electron chi connectivity index (χ4n) is 4.00. The standard InChI is InChI=1S/C25H24N6O2/c1-4-18(32)28-19(15-9-6-5-7-10-15)16-11-8-12-17(13-16)24-29-21-22-20(27-14-31(22)3)23(26-2)30-25(21)33-24/h5-14,19H,4H2,1-3H3,(H,26,30)(H,28,32). The van der Waals surface area contributed by atoms with Gasteiger partial charge in [-0.2, -0.15) is 4.98 Å². The maximum absolute atomic E-state index is 12.3. The molecule has 0 aliphatic carbocycles. The Morgan fingerprint density at radius 3 is 2.61 bits per heavy atom. The molecule has 0 spiro atoms. The third kappa shape index (κ3) is 3.69. The lowest BCUT2D eigenvalue weighted by molar-refractivity contribution is -0.121. The minimum atomic E-state index is -0.277. The summed E-state index contributed by atoms with van der Waals surface area (Å²) in [5, 5.41) is 6.20. The van der Waals surface area contributed by atoms with E-state index in [-0.39, 0.29) is 11.9 Å². The maximum Gasteiger partial charge on any atom is 0.251 e. The second-order valence-corrected chi connectivity index (χ2v) is 7.83. The van der Waals surface area contributed by atoms with E-state index >= 15 is 0 Å². The number of fused-ring (bicyclic) bond motifs is 3. The number of nitrogens with one attached hydrogen (secondary N) is 2. The average molecular weight is 441 g/mol. The van der Waals surface area contributed by atoms with Crippen molar-refractivity contribution < 1.29 is 9.21 Å². The molecule has 8 heteroatoms. The molecule has 8 nitrogen and oxygen atoms in total. The molecular formula is C25H24N6O2. The third-order valence-corrected chi connectivity index (χ3v) is 5.67. The highest BCUT2D eigenvalue weighted by Gasteiger charge is 2.20. The zero-order chi connectivity index (χ0) is 22.9. The van der Waals surface area contributed by atoms with Gasteiger partial charge in [-0.05, 0) is 23.3 Å². The van der Waals surface area contributed by atoms with Gasteiger partial charge in [0.2, 0.25) is 11.8 Å². The number of anilines is 1. The van der Waals surface area contributed by atoms with Gasteiger partial charge in [0.25, 0.3) is 5.71 Å². The van der Waals surface area contributed by atoms with Crippen molar-refractivity contribution in [3.05, 3.63) is 72.1 Å². The third-order valence-electron chi connectivity index (χ3n) is 5.67. The van der Waals surface area contributed by atoms with Crippen LogP contribution in [-0.4, -0.2) is 32.5 Å². The molecule has 0 bridgehead atoms. The lowest BCUT2D eigenvalue weighted by Gasteiger charge is -2.20. The first kappa shape index (κ1) is 20.7. The first-order chi connectivity index (χ1) is 16.1. The van der Waals surface area contributed by atoms with E-state index in [1.807, 2.05) is 73.1 Å². The molecule has 1 unspecified atom stereocenters. The van der Waals surface area contributed by atoms with Crippen LogP contribution in [0.4, 0.5) is 5.82 Å². The second-order valence-electron chi connectivity index (χ2n) is 7.83. The summed E-state index contributed by atoms with van der Waals surface area (Å²) >= 11 is 0. The lowest BCUT2D eigenvalue weighted by Crippen LogP contribution is -2.28. The highest BCUT2D eigenvalue weighted by molar-refractivity contribution is 6.03. The van der Waals surface area contributed by atoms with Crippen LogP contribution in [0.15, 0.2) is 65.3 Å². The number of carbonyl (C=O) groups excluding carboxylic acids is 1. The number of aromatic nitrogens is 4. The van der Waals surface area contributed by atoms with E-state index in [4.69, 9.17) is 9.40 Å². The number of imidazole rings is 1. The Bertz CT molecular complexity index is 1450. The molecule has 0 aliphatic heterocycles. The number of rotatable bonds is 6. The summed E-state index contributed by atoms with van der Waals surface area (Å²) < 4.78 is 7.99. The van der Waals surface area contributed by atoms with Gasteiger partial charge in [0, 0.05) is 26.1 Å². The van der Waals surface area contributed by atoms with Crippen LogP contribution in [0.25, 0.3) is 33.7 Å². The lowest BCUT2D eigenvalue weighted by atomic mass is 9.97. The topological polar surface area (TPSA) is 97.9 Å². The predicted octanol–water partition coefficient (Wildman–Crippen LogP) is 4.43. The highest BCUT2D eigenvalue weighted by atomic mass is 16.4. The normalized spacial score (nSPS) is 12.2. The molecule has 0 saturated carbocycles. The van der Waals surface area contributed by atoms with Gasteiger partial charge >= 0.3 is 0 Å². The average Bonchev–Trinajstić information content (AvgIpc) is 3.46. The summed E-state index contributed by atoms with van der Waals surface area (Å²) in [6, 6.07) is 17.5. The number of hydrogen-bond donors (Lipinski definition) is 2. The van der Waals surface area contributed by atoms with Gasteiger partial charge in [-0.3, -0.25) is 4.79 Å². The molecule has 0 aliphatic rings. The molecule has 0 fully saturated rings. The smallest absolute Gasteiger partial charge is 0.251 e. The van der Waals surface area contributed by atoms with Crippen molar-refractivity contribution in [2.45, 2.75) is 19.4 Å². The molecule has 3 aromatic heterocycles. The van der Waals surface area contributed by atoms with Crippen LogP contribution in [0.5, 0.6) is 0 Å². The Kier molecular flexibility index (Phi) is 5.26. The number of pyridine rings is 1. The van der Waals surface area contributed by atoms with E-state index < -0.39 is 0 Å². The predicted molar refractivity (Wildman–Crippen MR) is 128 cm³/mol. The maximum atomic E-state index is 12.3. The van der Waals surface area contributed by atoms with E-state index in [0.29, 0.717) is 29.4 Å². The summed E-state index contributed by atoms with van der Waals surface area (Å²) in [5.74, 6) is 1.09. The minimum Gasteiger partial charge on any atom is -0.418 e. The molecule has 166 valence electrons. The molecule has 5 rings (SSSR count). The first-order valence-corrected chi connectivity index (χ1v) is 10.8. The minimum absolute atomic E-state index is 0.0153. The molecule has 1 amide bonds. The van der Waals surface area contributed by atoms with E-state index in [1.165, 1.54) is 0 Å². The number of nitrogens with zero attached hydrogens (tertiary/aromatic N) is 4. The first-order valence-electron chi connectivity index (χ1n) is 10.8. The Morgan fingerprint density at radius 1 is 1.06 bits per heavy atom. The number of benzene rings is 2. The van der Waals surface area contributed by atoms with Crippen LogP contribution in [-0.2, 0) is 11.8 Å². The summed E-state index contributed by atoms with van der Waals surface area (Å²) in [6.45, 7) is 1.84. The van der Waals surface area contributed by atoms with E-state index in [9.17, 15) is 4.79 Å². The van der Waals surface area contributed by atoms with Crippen LogP contribution in [0.3, 0.4) is 0 Å². The van der Waals surface area contributed by atoms with Crippen LogP contribution in [0.1, 0.15) is 30.5 Å². The molecule has 5 aromatic rings. The Morgan fingerprint density at radius 2 is 1.85 bits per heavy atom. The number of hydrogen-bond acceptors (Lipinski definition) is 6. The zero-order valence-electron chi connectivity index (χ0n) is 18.7. The molecular weight excluding hydrogens is 416 g/mol. The van der Waals surface area contributed by atoms with Crippen molar-refractivity contribution in [1.29, 1.82) is 0 Å². The van der Waals surface area contributed by atoms with Crippen LogP contribution in [0, 0.1) is 0 Å². The van der Waals surface area contributed by atoms with Crippen molar-refractivity contribution in [1.82, 2.24) is 24.8 Å². The molecule has 33 heavy (non-hydrogen) atoms. The van der Waals surface area contributed by atoms with Gasteiger partial charge in [0.05, 0.1) is 12.4 Å². The number of amides is 1. The van der Waals surface area contributed by atoms with Gasteiger partial charge in [0.15, 0.2) is 11.3 Å². The molecule has 3 heterocycles. The Balaban J connectivity index is 1.62. The fourth-order valence-corrected chi connectivity index (χ4v) is 4.00. The van der Waals surface area contributed by atoms with Crippen LogP contribution in [0.2, 0.25) is 0 Å². The van der Waals surface area contributed by atoms with E-state index in [2.05, 4.69) is 20.6 Å². The molecule has 1 atom stereocenters. The summed E-state index contributed by atoms with van der Waals surface area (Å²) in [7, 11) is 3.72. The Hall–Kier alpha value is -4.20. The monoisotopic (exact) mass is 440 g/mol. The second kappa shape index (κ2) is 8.38. The number of oxazole rings is 1. The molecule has 2 N–H and O–H groups in total. The van der Waals surface area contributed by atoms with Crippen molar-refractivity contribution in [3.8, 4) is 11.5 Å². The van der Waals surface area contributed by atoms with Crippen molar-refractivity contribution in [2.24, 2.45) is 7.05 Å². The van der Waals surface area contributed by atoms with Gasteiger partial charge in [-0.15, -0.1) is 0 Å². The number of aryl methyl sites for hydroxylation is 1. The largest absolute Gasteiger partial charge is 0.418 e. The van der Waals surface area contributed by atoms with Gasteiger partial charge in [-0.25, -0.2) is 9.97 Å². The van der Waals surface area contributed by atoms with Crippen LogP contribution >= 0.6 is 0 Å².